The number of anilines is 2. The van der Waals surface area contributed by atoms with Gasteiger partial charge in [0.1, 0.15) is 11.7 Å². The van der Waals surface area contributed by atoms with Gasteiger partial charge in [0.05, 0.1) is 11.6 Å². The predicted molar refractivity (Wildman–Crippen MR) is 107 cm³/mol. The number of aromatic nitrogens is 3. The molecule has 2 N–H and O–H groups in total. The Kier molecular flexibility index (Phi) is 4.94. The van der Waals surface area contributed by atoms with E-state index >= 15 is 0 Å². The summed E-state index contributed by atoms with van der Waals surface area (Å²) in [4.78, 5) is 26.4. The van der Waals surface area contributed by atoms with Crippen molar-refractivity contribution in [2.24, 2.45) is 0 Å². The summed E-state index contributed by atoms with van der Waals surface area (Å²) in [6.45, 7) is 0.817. The number of halogens is 2. The van der Waals surface area contributed by atoms with E-state index in [2.05, 4.69) is 15.4 Å². The second kappa shape index (κ2) is 7.42. The van der Waals surface area contributed by atoms with Gasteiger partial charge in [0.25, 0.3) is 5.56 Å². The van der Waals surface area contributed by atoms with Gasteiger partial charge in [-0.2, -0.15) is 5.10 Å². The summed E-state index contributed by atoms with van der Waals surface area (Å²) in [6.07, 6.45) is 5.88. The lowest BCUT2D eigenvalue weighted by molar-refractivity contribution is 0.0225. The molecule has 1 aromatic carbocycles. The minimum absolute atomic E-state index is 0.219. The number of H-pyrrole nitrogens is 1. The fraction of sp³-hybridized carbons (Fsp3) is 0.381. The standard InChI is InChI=1S/C21H22F2N4O2/c1-21(22,23)11-14-10-15(7-6-13(14)12-28)25-19-18-17(8-9-24-20(18)29)27(26-19)16-4-2-3-5-16/h6-10,12,16H,2-5,11H2,1H3,(H,24,29)(H,25,26). The van der Waals surface area contributed by atoms with Crippen LogP contribution in [0.15, 0.2) is 35.3 Å². The van der Waals surface area contributed by atoms with E-state index in [9.17, 15) is 18.4 Å². The fourth-order valence-corrected chi connectivity index (χ4v) is 4.04. The van der Waals surface area contributed by atoms with Gasteiger partial charge in [0.2, 0.25) is 5.92 Å². The summed E-state index contributed by atoms with van der Waals surface area (Å²) >= 11 is 0. The van der Waals surface area contributed by atoms with Crippen molar-refractivity contribution < 1.29 is 13.6 Å². The number of alkyl halides is 2. The van der Waals surface area contributed by atoms with E-state index in [0.717, 1.165) is 38.1 Å². The van der Waals surface area contributed by atoms with Crippen LogP contribution in [-0.2, 0) is 6.42 Å². The molecule has 0 spiro atoms. The van der Waals surface area contributed by atoms with Gasteiger partial charge in [0.15, 0.2) is 5.82 Å². The van der Waals surface area contributed by atoms with Crippen LogP contribution in [0.25, 0.3) is 10.9 Å². The number of carbonyl (C=O) groups excluding carboxylic acids is 1. The first-order valence-electron chi connectivity index (χ1n) is 9.68. The number of hydrogen-bond acceptors (Lipinski definition) is 4. The van der Waals surface area contributed by atoms with Crippen molar-refractivity contribution in [3.63, 3.8) is 0 Å². The van der Waals surface area contributed by atoms with Crippen LogP contribution in [0.4, 0.5) is 20.3 Å². The largest absolute Gasteiger partial charge is 0.338 e. The molecule has 0 unspecified atom stereocenters. The summed E-state index contributed by atoms with van der Waals surface area (Å²) in [5.74, 6) is -2.56. The Hall–Kier alpha value is -3.03. The quantitative estimate of drug-likeness (QED) is 0.593. The number of aldehydes is 1. The minimum Gasteiger partial charge on any atom is -0.338 e. The van der Waals surface area contributed by atoms with Gasteiger partial charge in [-0.25, -0.2) is 8.78 Å². The van der Waals surface area contributed by atoms with E-state index in [1.807, 2.05) is 10.7 Å². The SMILES string of the molecule is CC(F)(F)Cc1cc(Nc2nn(C3CCCC3)c3cc[nH]c(=O)c23)ccc1C=O. The summed E-state index contributed by atoms with van der Waals surface area (Å²) in [5, 5.41) is 8.17. The molecule has 0 amide bonds. The van der Waals surface area contributed by atoms with Crippen LogP contribution in [0.2, 0.25) is 0 Å². The van der Waals surface area contributed by atoms with Gasteiger partial charge in [0, 0.05) is 23.9 Å². The van der Waals surface area contributed by atoms with Crippen molar-refractivity contribution >= 4 is 28.7 Å². The summed E-state index contributed by atoms with van der Waals surface area (Å²) in [5.41, 5.74) is 1.44. The molecule has 6 nitrogen and oxygen atoms in total. The van der Waals surface area contributed by atoms with E-state index < -0.39 is 12.3 Å². The zero-order valence-corrected chi connectivity index (χ0v) is 16.0. The normalized spacial score (nSPS) is 15.1. The highest BCUT2D eigenvalue weighted by atomic mass is 19.3. The average Bonchev–Trinajstić information content (AvgIpc) is 3.29. The van der Waals surface area contributed by atoms with Gasteiger partial charge in [-0.05, 0) is 49.6 Å². The number of aromatic amines is 1. The lowest BCUT2D eigenvalue weighted by atomic mass is 10.0. The molecule has 0 saturated heterocycles. The zero-order valence-electron chi connectivity index (χ0n) is 16.0. The Labute approximate surface area is 165 Å². The Morgan fingerprint density at radius 2 is 2.07 bits per heavy atom. The van der Waals surface area contributed by atoms with Gasteiger partial charge in [-0.3, -0.25) is 14.3 Å². The molecule has 0 atom stereocenters. The average molecular weight is 400 g/mol. The number of hydrogen-bond donors (Lipinski definition) is 2. The van der Waals surface area contributed by atoms with Crippen molar-refractivity contribution in [1.82, 2.24) is 14.8 Å². The Morgan fingerprint density at radius 3 is 2.76 bits per heavy atom. The van der Waals surface area contributed by atoms with Crippen LogP contribution in [0.3, 0.4) is 0 Å². The van der Waals surface area contributed by atoms with Gasteiger partial charge in [-0.1, -0.05) is 12.8 Å². The third kappa shape index (κ3) is 3.92. The molecule has 1 saturated carbocycles. The molecule has 1 aliphatic carbocycles. The van der Waals surface area contributed by atoms with Crippen LogP contribution >= 0.6 is 0 Å². The van der Waals surface area contributed by atoms with Gasteiger partial charge < -0.3 is 10.3 Å². The lowest BCUT2D eigenvalue weighted by Gasteiger charge is -2.14. The molecule has 4 rings (SSSR count). The Bertz CT molecular complexity index is 1110. The Balaban J connectivity index is 1.75. The summed E-state index contributed by atoms with van der Waals surface area (Å²) in [7, 11) is 0. The van der Waals surface area contributed by atoms with E-state index in [0.29, 0.717) is 23.2 Å². The zero-order chi connectivity index (χ0) is 20.6. The highest BCUT2D eigenvalue weighted by molar-refractivity contribution is 5.91. The summed E-state index contributed by atoms with van der Waals surface area (Å²) < 4.78 is 28.9. The molecule has 0 aliphatic heterocycles. The van der Waals surface area contributed by atoms with Crippen LogP contribution in [0.5, 0.6) is 0 Å². The second-order valence-corrected chi connectivity index (χ2v) is 7.70. The second-order valence-electron chi connectivity index (χ2n) is 7.70. The van der Waals surface area contributed by atoms with Crippen molar-refractivity contribution in [2.75, 3.05) is 5.32 Å². The first-order valence-corrected chi connectivity index (χ1v) is 9.68. The van der Waals surface area contributed by atoms with Gasteiger partial charge >= 0.3 is 0 Å². The number of nitrogens with one attached hydrogen (secondary N) is 2. The molecule has 0 bridgehead atoms. The predicted octanol–water partition coefficient (Wildman–Crippen LogP) is 4.59. The number of benzene rings is 1. The maximum absolute atomic E-state index is 13.5. The maximum atomic E-state index is 13.5. The highest BCUT2D eigenvalue weighted by Gasteiger charge is 2.25. The molecule has 0 radical (unpaired) electrons. The highest BCUT2D eigenvalue weighted by Crippen LogP contribution is 2.34. The number of nitrogens with zero attached hydrogens (tertiary/aromatic N) is 2. The van der Waals surface area contributed by atoms with Gasteiger partial charge in [-0.15, -0.1) is 0 Å². The number of carbonyl (C=O) groups is 1. The van der Waals surface area contributed by atoms with Crippen molar-refractivity contribution in [3.8, 4) is 0 Å². The first kappa shape index (κ1) is 19.3. The number of pyridine rings is 1. The van der Waals surface area contributed by atoms with E-state index in [1.54, 1.807) is 12.3 Å². The molecule has 8 heteroatoms. The third-order valence-electron chi connectivity index (χ3n) is 5.33. The molecule has 152 valence electrons. The number of rotatable bonds is 6. The molecule has 29 heavy (non-hydrogen) atoms. The maximum Gasteiger partial charge on any atom is 0.261 e. The third-order valence-corrected chi connectivity index (χ3v) is 5.33. The van der Waals surface area contributed by atoms with E-state index in [1.165, 1.54) is 12.1 Å². The number of fused-ring (bicyclic) bond motifs is 1. The molecular formula is C21H22F2N4O2. The Morgan fingerprint density at radius 1 is 1.31 bits per heavy atom. The molecule has 2 heterocycles. The molecule has 3 aromatic rings. The van der Waals surface area contributed by atoms with E-state index in [4.69, 9.17) is 0 Å². The van der Waals surface area contributed by atoms with Crippen molar-refractivity contribution in [1.29, 1.82) is 0 Å². The van der Waals surface area contributed by atoms with Crippen LogP contribution in [-0.4, -0.2) is 27.0 Å². The van der Waals surface area contributed by atoms with Crippen LogP contribution in [0, 0.1) is 0 Å². The smallest absolute Gasteiger partial charge is 0.261 e. The fourth-order valence-electron chi connectivity index (χ4n) is 4.04. The molecular weight excluding hydrogens is 378 g/mol. The minimum atomic E-state index is -2.94. The lowest BCUT2D eigenvalue weighted by Crippen LogP contribution is -2.15. The van der Waals surface area contributed by atoms with Crippen LogP contribution in [0.1, 0.15) is 54.6 Å². The topological polar surface area (TPSA) is 79.8 Å². The monoisotopic (exact) mass is 400 g/mol. The summed E-state index contributed by atoms with van der Waals surface area (Å²) in [6, 6.07) is 6.70. The first-order chi connectivity index (χ1) is 13.9. The van der Waals surface area contributed by atoms with Crippen molar-refractivity contribution in [2.45, 2.75) is 51.0 Å². The van der Waals surface area contributed by atoms with E-state index in [-0.39, 0.29) is 22.7 Å². The molecule has 1 aliphatic rings. The van der Waals surface area contributed by atoms with Crippen molar-refractivity contribution in [3.05, 3.63) is 51.9 Å². The molecule has 1 fully saturated rings. The van der Waals surface area contributed by atoms with Crippen LogP contribution < -0.4 is 10.9 Å². The molecule has 2 aromatic heterocycles.